The standard InChI is InChI=1S/C13H16O2S/c1-9(13(14)15-2)16-12-7-6-10-4-3-5-11(10)8-12/h6-9H,3-5H2,1-2H3/t9-/m0/s1. The summed E-state index contributed by atoms with van der Waals surface area (Å²) < 4.78 is 4.72. The highest BCUT2D eigenvalue weighted by atomic mass is 32.2. The number of esters is 1. The topological polar surface area (TPSA) is 26.3 Å². The quantitative estimate of drug-likeness (QED) is 0.596. The largest absolute Gasteiger partial charge is 0.468 e. The fourth-order valence-electron chi connectivity index (χ4n) is 2.04. The molecule has 1 atom stereocenters. The van der Waals surface area contributed by atoms with Gasteiger partial charge in [0, 0.05) is 4.90 Å². The molecule has 0 unspecified atom stereocenters. The van der Waals surface area contributed by atoms with Crippen molar-refractivity contribution in [1.82, 2.24) is 0 Å². The average Bonchev–Trinajstić information content (AvgIpc) is 2.75. The summed E-state index contributed by atoms with van der Waals surface area (Å²) in [4.78, 5) is 12.5. The van der Waals surface area contributed by atoms with E-state index in [0.717, 1.165) is 0 Å². The number of methoxy groups -OCH3 is 1. The smallest absolute Gasteiger partial charge is 0.318 e. The van der Waals surface area contributed by atoms with Gasteiger partial charge < -0.3 is 4.74 Å². The van der Waals surface area contributed by atoms with E-state index in [1.807, 2.05) is 6.92 Å². The Balaban J connectivity index is 2.08. The van der Waals surface area contributed by atoms with Crippen molar-refractivity contribution in [1.29, 1.82) is 0 Å². The monoisotopic (exact) mass is 236 g/mol. The first-order valence-electron chi connectivity index (χ1n) is 5.57. The van der Waals surface area contributed by atoms with Crippen LogP contribution in [0.1, 0.15) is 24.5 Å². The minimum absolute atomic E-state index is 0.135. The molecule has 0 aromatic heterocycles. The van der Waals surface area contributed by atoms with Crippen molar-refractivity contribution in [2.75, 3.05) is 7.11 Å². The molecule has 0 saturated carbocycles. The van der Waals surface area contributed by atoms with Crippen LogP contribution in [-0.4, -0.2) is 18.3 Å². The van der Waals surface area contributed by atoms with Gasteiger partial charge in [-0.15, -0.1) is 11.8 Å². The third-order valence-electron chi connectivity index (χ3n) is 2.92. The number of aryl methyl sites for hydroxylation is 2. The van der Waals surface area contributed by atoms with Crippen molar-refractivity contribution in [2.24, 2.45) is 0 Å². The molecule has 3 heteroatoms. The number of rotatable bonds is 3. The summed E-state index contributed by atoms with van der Waals surface area (Å²) in [5.74, 6) is -0.162. The predicted octanol–water partition coefficient (Wildman–Crippen LogP) is 2.83. The molecule has 0 bridgehead atoms. The second kappa shape index (κ2) is 4.91. The van der Waals surface area contributed by atoms with Crippen LogP contribution in [0.4, 0.5) is 0 Å². The molecule has 86 valence electrons. The van der Waals surface area contributed by atoms with Gasteiger partial charge in [0.2, 0.25) is 0 Å². The lowest BCUT2D eigenvalue weighted by Gasteiger charge is -2.09. The third kappa shape index (κ3) is 2.40. The number of carbonyl (C=O) groups excluding carboxylic acids is 1. The highest BCUT2D eigenvalue weighted by Gasteiger charge is 2.16. The van der Waals surface area contributed by atoms with Gasteiger partial charge in [-0.25, -0.2) is 0 Å². The van der Waals surface area contributed by atoms with Gasteiger partial charge in [-0.05, 0) is 49.4 Å². The van der Waals surface area contributed by atoms with Gasteiger partial charge in [0.1, 0.15) is 5.25 Å². The van der Waals surface area contributed by atoms with Crippen LogP contribution in [0.2, 0.25) is 0 Å². The van der Waals surface area contributed by atoms with Crippen LogP contribution < -0.4 is 0 Å². The molecular formula is C13H16O2S. The van der Waals surface area contributed by atoms with E-state index in [2.05, 4.69) is 18.2 Å². The SMILES string of the molecule is COC(=O)[C@H](C)Sc1ccc2c(c1)CCC2. The molecule has 0 N–H and O–H groups in total. The Morgan fingerprint density at radius 1 is 1.38 bits per heavy atom. The van der Waals surface area contributed by atoms with Crippen LogP contribution in [0.25, 0.3) is 0 Å². The number of fused-ring (bicyclic) bond motifs is 1. The van der Waals surface area contributed by atoms with Crippen LogP contribution in [0.15, 0.2) is 23.1 Å². The normalized spacial score (nSPS) is 15.6. The minimum atomic E-state index is -0.162. The molecule has 0 fully saturated rings. The molecule has 16 heavy (non-hydrogen) atoms. The van der Waals surface area contributed by atoms with Gasteiger partial charge in [0.15, 0.2) is 0 Å². The van der Waals surface area contributed by atoms with Gasteiger partial charge in [0.25, 0.3) is 0 Å². The number of carbonyl (C=O) groups is 1. The Labute approximate surface area is 100 Å². The lowest BCUT2D eigenvalue weighted by Crippen LogP contribution is -2.14. The highest BCUT2D eigenvalue weighted by Crippen LogP contribution is 2.29. The molecular weight excluding hydrogens is 220 g/mol. The highest BCUT2D eigenvalue weighted by molar-refractivity contribution is 8.00. The molecule has 1 aliphatic rings. The van der Waals surface area contributed by atoms with Gasteiger partial charge in [-0.2, -0.15) is 0 Å². The van der Waals surface area contributed by atoms with Crippen molar-refractivity contribution in [3.63, 3.8) is 0 Å². The second-order valence-corrected chi connectivity index (χ2v) is 5.48. The Morgan fingerprint density at radius 3 is 2.88 bits per heavy atom. The van der Waals surface area contributed by atoms with E-state index in [1.165, 1.54) is 42.4 Å². The van der Waals surface area contributed by atoms with Crippen LogP contribution in [0.5, 0.6) is 0 Å². The lowest BCUT2D eigenvalue weighted by molar-refractivity contribution is -0.139. The Kier molecular flexibility index (Phi) is 3.54. The van der Waals surface area contributed by atoms with Crippen LogP contribution in [0.3, 0.4) is 0 Å². The lowest BCUT2D eigenvalue weighted by atomic mass is 10.1. The molecule has 1 aromatic carbocycles. The summed E-state index contributed by atoms with van der Waals surface area (Å²) in [6.45, 7) is 1.88. The number of ether oxygens (including phenoxy) is 1. The molecule has 0 amide bonds. The van der Waals surface area contributed by atoms with E-state index in [1.54, 1.807) is 11.8 Å². The van der Waals surface area contributed by atoms with E-state index < -0.39 is 0 Å². The summed E-state index contributed by atoms with van der Waals surface area (Å²) in [7, 11) is 1.43. The van der Waals surface area contributed by atoms with Crippen LogP contribution in [-0.2, 0) is 22.4 Å². The van der Waals surface area contributed by atoms with Crippen LogP contribution in [0, 0.1) is 0 Å². The number of hydrogen-bond acceptors (Lipinski definition) is 3. The zero-order chi connectivity index (χ0) is 11.5. The maximum atomic E-state index is 11.3. The van der Waals surface area contributed by atoms with Crippen molar-refractivity contribution >= 4 is 17.7 Å². The fraction of sp³-hybridized carbons (Fsp3) is 0.462. The van der Waals surface area contributed by atoms with Gasteiger partial charge in [-0.3, -0.25) is 4.79 Å². The molecule has 0 heterocycles. The Morgan fingerprint density at radius 2 is 2.12 bits per heavy atom. The molecule has 0 saturated heterocycles. The summed E-state index contributed by atoms with van der Waals surface area (Å²) in [5, 5.41) is -0.135. The zero-order valence-corrected chi connectivity index (χ0v) is 10.5. The molecule has 0 aliphatic heterocycles. The molecule has 2 rings (SSSR count). The fourth-order valence-corrected chi connectivity index (χ4v) is 3.00. The van der Waals surface area contributed by atoms with E-state index in [-0.39, 0.29) is 11.2 Å². The molecule has 1 aromatic rings. The number of benzene rings is 1. The summed E-state index contributed by atoms with van der Waals surface area (Å²) in [5.41, 5.74) is 2.91. The Hall–Kier alpha value is -0.960. The Bertz CT molecular complexity index is 401. The zero-order valence-electron chi connectivity index (χ0n) is 9.66. The van der Waals surface area contributed by atoms with E-state index in [0.29, 0.717) is 0 Å². The number of thioether (sulfide) groups is 1. The predicted molar refractivity (Wildman–Crippen MR) is 65.8 cm³/mol. The molecule has 2 nitrogen and oxygen atoms in total. The van der Waals surface area contributed by atoms with E-state index >= 15 is 0 Å². The maximum Gasteiger partial charge on any atom is 0.318 e. The molecule has 0 radical (unpaired) electrons. The molecule has 0 spiro atoms. The van der Waals surface area contributed by atoms with E-state index in [9.17, 15) is 4.79 Å². The van der Waals surface area contributed by atoms with E-state index in [4.69, 9.17) is 4.74 Å². The first-order chi connectivity index (χ1) is 7.70. The summed E-state index contributed by atoms with van der Waals surface area (Å²) in [6, 6.07) is 6.51. The van der Waals surface area contributed by atoms with Crippen molar-refractivity contribution < 1.29 is 9.53 Å². The minimum Gasteiger partial charge on any atom is -0.468 e. The maximum absolute atomic E-state index is 11.3. The average molecular weight is 236 g/mol. The summed E-state index contributed by atoms with van der Waals surface area (Å²) >= 11 is 1.57. The van der Waals surface area contributed by atoms with Crippen molar-refractivity contribution in [3.8, 4) is 0 Å². The van der Waals surface area contributed by atoms with Crippen molar-refractivity contribution in [3.05, 3.63) is 29.3 Å². The summed E-state index contributed by atoms with van der Waals surface area (Å²) in [6.07, 6.45) is 3.64. The number of hydrogen-bond donors (Lipinski definition) is 0. The third-order valence-corrected chi connectivity index (χ3v) is 3.99. The first kappa shape index (κ1) is 11.5. The van der Waals surface area contributed by atoms with Crippen molar-refractivity contribution in [2.45, 2.75) is 36.3 Å². The molecule has 1 aliphatic carbocycles. The van der Waals surface area contributed by atoms with Gasteiger partial charge in [0.05, 0.1) is 7.11 Å². The second-order valence-electron chi connectivity index (χ2n) is 4.07. The van der Waals surface area contributed by atoms with Crippen LogP contribution >= 0.6 is 11.8 Å². The van der Waals surface area contributed by atoms with Gasteiger partial charge in [-0.1, -0.05) is 6.07 Å². The van der Waals surface area contributed by atoms with Gasteiger partial charge >= 0.3 is 5.97 Å². The first-order valence-corrected chi connectivity index (χ1v) is 6.45.